The summed E-state index contributed by atoms with van der Waals surface area (Å²) in [6.45, 7) is 1.89. The highest BCUT2D eigenvalue weighted by Gasteiger charge is 2.25. The summed E-state index contributed by atoms with van der Waals surface area (Å²) in [5.74, 6) is 0.112. The lowest BCUT2D eigenvalue weighted by Gasteiger charge is -2.13. The number of carbonyl (C=O) groups excluding carboxylic acids is 1. The minimum absolute atomic E-state index is 0.112. The second-order valence-corrected chi connectivity index (χ2v) is 3.17. The molecule has 1 amide bonds. The average Bonchev–Trinajstić information content (AvgIpc) is 2.46. The second kappa shape index (κ2) is 3.18. The number of fused-ring (bicyclic) bond motifs is 1. The van der Waals surface area contributed by atoms with E-state index in [9.17, 15) is 4.79 Å². The van der Waals surface area contributed by atoms with E-state index >= 15 is 0 Å². The molecule has 0 saturated carbocycles. The maximum atomic E-state index is 11.7. The Morgan fingerprint density at radius 2 is 2.15 bits per heavy atom. The number of hydrogen-bond acceptors (Lipinski definition) is 2. The highest BCUT2D eigenvalue weighted by Crippen LogP contribution is 2.21. The van der Waals surface area contributed by atoms with Crippen LogP contribution in [0.2, 0.25) is 0 Å². The third-order valence-corrected chi connectivity index (χ3v) is 2.30. The number of nitrogens with two attached hydrogens (primary N) is 1. The lowest BCUT2D eigenvalue weighted by Crippen LogP contribution is -2.29. The molecule has 0 aromatic heterocycles. The highest BCUT2D eigenvalue weighted by atomic mass is 16.2. The van der Waals surface area contributed by atoms with E-state index in [1.165, 1.54) is 0 Å². The first kappa shape index (κ1) is 8.26. The second-order valence-electron chi connectivity index (χ2n) is 3.17. The minimum Gasteiger partial charge on any atom is -0.333 e. The van der Waals surface area contributed by atoms with Crippen LogP contribution in [0.4, 0.5) is 0 Å². The molecule has 0 bridgehead atoms. The molecule has 0 unspecified atom stereocenters. The van der Waals surface area contributed by atoms with E-state index in [1.807, 2.05) is 24.3 Å². The van der Waals surface area contributed by atoms with Crippen LogP contribution in [0.25, 0.3) is 0 Å². The largest absolute Gasteiger partial charge is 0.333 e. The highest BCUT2D eigenvalue weighted by molar-refractivity contribution is 5.98. The Hall–Kier alpha value is -1.35. The zero-order valence-corrected chi connectivity index (χ0v) is 7.36. The molecule has 3 heteroatoms. The van der Waals surface area contributed by atoms with Crippen LogP contribution in [-0.2, 0) is 6.54 Å². The molecule has 68 valence electrons. The molecule has 1 aromatic carbocycles. The van der Waals surface area contributed by atoms with Crippen molar-refractivity contribution in [2.24, 2.45) is 5.73 Å². The van der Waals surface area contributed by atoms with Crippen LogP contribution in [0.5, 0.6) is 0 Å². The summed E-state index contributed by atoms with van der Waals surface area (Å²) >= 11 is 0. The van der Waals surface area contributed by atoms with Crippen molar-refractivity contribution in [3.63, 3.8) is 0 Å². The smallest absolute Gasteiger partial charge is 0.254 e. The molecule has 0 spiro atoms. The number of benzene rings is 1. The fraction of sp³-hybridized carbons (Fsp3) is 0.300. The van der Waals surface area contributed by atoms with Gasteiger partial charge in [0.05, 0.1) is 0 Å². The summed E-state index contributed by atoms with van der Waals surface area (Å²) in [5, 5.41) is 0. The molecule has 1 aliphatic rings. The number of carbonyl (C=O) groups is 1. The third kappa shape index (κ3) is 1.31. The topological polar surface area (TPSA) is 46.3 Å². The van der Waals surface area contributed by atoms with E-state index in [1.54, 1.807) is 4.90 Å². The maximum absolute atomic E-state index is 11.7. The normalized spacial score (nSPS) is 14.8. The summed E-state index contributed by atoms with van der Waals surface area (Å²) in [4.78, 5) is 13.4. The number of rotatable bonds is 2. The van der Waals surface area contributed by atoms with Gasteiger partial charge in [-0.25, -0.2) is 0 Å². The Morgan fingerprint density at radius 1 is 1.38 bits per heavy atom. The van der Waals surface area contributed by atoms with Crippen LogP contribution in [-0.4, -0.2) is 23.9 Å². The monoisotopic (exact) mass is 176 g/mol. The first-order chi connectivity index (χ1) is 6.33. The first-order valence-corrected chi connectivity index (χ1v) is 4.40. The Balaban J connectivity index is 2.28. The molecule has 3 nitrogen and oxygen atoms in total. The number of hydrogen-bond donors (Lipinski definition) is 1. The van der Waals surface area contributed by atoms with Gasteiger partial charge in [-0.1, -0.05) is 18.2 Å². The molecule has 2 N–H and O–H groups in total. The SMILES string of the molecule is NCCN1Cc2ccccc2C1=O. The van der Waals surface area contributed by atoms with Crippen molar-refractivity contribution in [3.05, 3.63) is 35.4 Å². The van der Waals surface area contributed by atoms with Crippen molar-refractivity contribution in [2.45, 2.75) is 6.54 Å². The van der Waals surface area contributed by atoms with Crippen molar-refractivity contribution in [3.8, 4) is 0 Å². The predicted octanol–water partition coefficient (Wildman–Crippen LogP) is 0.601. The van der Waals surface area contributed by atoms with Gasteiger partial charge in [0.1, 0.15) is 0 Å². The van der Waals surface area contributed by atoms with Gasteiger partial charge in [0.2, 0.25) is 0 Å². The zero-order valence-electron chi connectivity index (χ0n) is 7.36. The molecule has 13 heavy (non-hydrogen) atoms. The first-order valence-electron chi connectivity index (χ1n) is 4.40. The van der Waals surface area contributed by atoms with E-state index in [0.717, 1.165) is 11.1 Å². The van der Waals surface area contributed by atoms with Gasteiger partial charge in [0.25, 0.3) is 5.91 Å². The lowest BCUT2D eigenvalue weighted by molar-refractivity contribution is 0.0783. The maximum Gasteiger partial charge on any atom is 0.254 e. The molecule has 0 fully saturated rings. The van der Waals surface area contributed by atoms with Crippen LogP contribution in [0.15, 0.2) is 24.3 Å². The van der Waals surface area contributed by atoms with Crippen LogP contribution in [0.1, 0.15) is 15.9 Å². The molecule has 0 saturated heterocycles. The average molecular weight is 176 g/mol. The Bertz CT molecular complexity index is 335. The van der Waals surface area contributed by atoms with Gasteiger partial charge in [-0.05, 0) is 11.6 Å². The van der Waals surface area contributed by atoms with Gasteiger partial charge in [-0.2, -0.15) is 0 Å². The molecule has 1 aliphatic heterocycles. The fourth-order valence-electron chi connectivity index (χ4n) is 1.65. The van der Waals surface area contributed by atoms with Crippen molar-refractivity contribution in [1.29, 1.82) is 0 Å². The van der Waals surface area contributed by atoms with Crippen LogP contribution in [0, 0.1) is 0 Å². The summed E-state index contributed by atoms with van der Waals surface area (Å²) in [6.07, 6.45) is 0. The Kier molecular flexibility index (Phi) is 2.02. The van der Waals surface area contributed by atoms with E-state index < -0.39 is 0 Å². The van der Waals surface area contributed by atoms with Crippen molar-refractivity contribution < 1.29 is 4.79 Å². The number of amides is 1. The quantitative estimate of drug-likeness (QED) is 0.717. The Labute approximate surface area is 77.1 Å². The van der Waals surface area contributed by atoms with Crippen molar-refractivity contribution in [2.75, 3.05) is 13.1 Å². The molecule has 0 aliphatic carbocycles. The van der Waals surface area contributed by atoms with Gasteiger partial charge in [0.15, 0.2) is 0 Å². The predicted molar refractivity (Wildman–Crippen MR) is 50.2 cm³/mol. The van der Waals surface area contributed by atoms with Crippen molar-refractivity contribution in [1.82, 2.24) is 4.90 Å². The Morgan fingerprint density at radius 3 is 2.85 bits per heavy atom. The van der Waals surface area contributed by atoms with E-state index in [-0.39, 0.29) is 5.91 Å². The van der Waals surface area contributed by atoms with Crippen molar-refractivity contribution >= 4 is 5.91 Å². The standard InChI is InChI=1S/C10H12N2O/c11-5-6-12-7-8-3-1-2-4-9(8)10(12)13/h1-4H,5-7,11H2. The molecular formula is C10H12N2O. The van der Waals surface area contributed by atoms with E-state index in [2.05, 4.69) is 0 Å². The number of nitrogens with zero attached hydrogens (tertiary/aromatic N) is 1. The van der Waals surface area contributed by atoms with Gasteiger partial charge in [-0.3, -0.25) is 4.79 Å². The fourth-order valence-corrected chi connectivity index (χ4v) is 1.65. The molecule has 0 atom stereocenters. The van der Waals surface area contributed by atoms with Gasteiger partial charge >= 0.3 is 0 Å². The van der Waals surface area contributed by atoms with Gasteiger partial charge < -0.3 is 10.6 Å². The molecular weight excluding hydrogens is 164 g/mol. The molecule has 2 rings (SSSR count). The van der Waals surface area contributed by atoms with Gasteiger partial charge in [0, 0.05) is 25.2 Å². The van der Waals surface area contributed by atoms with E-state index in [4.69, 9.17) is 5.73 Å². The molecule has 0 radical (unpaired) electrons. The van der Waals surface area contributed by atoms with Crippen LogP contribution >= 0.6 is 0 Å². The molecule has 1 aromatic rings. The summed E-state index contributed by atoms with van der Waals surface area (Å²) in [5.41, 5.74) is 7.35. The summed E-state index contributed by atoms with van der Waals surface area (Å²) < 4.78 is 0. The lowest BCUT2D eigenvalue weighted by atomic mass is 10.1. The molecule has 1 heterocycles. The zero-order chi connectivity index (χ0) is 9.26. The third-order valence-electron chi connectivity index (χ3n) is 2.30. The minimum atomic E-state index is 0.112. The van der Waals surface area contributed by atoms with Crippen LogP contribution in [0.3, 0.4) is 0 Å². The van der Waals surface area contributed by atoms with Gasteiger partial charge in [-0.15, -0.1) is 0 Å². The van der Waals surface area contributed by atoms with E-state index in [0.29, 0.717) is 19.6 Å². The summed E-state index contributed by atoms with van der Waals surface area (Å²) in [6, 6.07) is 7.71. The van der Waals surface area contributed by atoms with Crippen LogP contribution < -0.4 is 5.73 Å². The summed E-state index contributed by atoms with van der Waals surface area (Å²) in [7, 11) is 0.